The summed E-state index contributed by atoms with van der Waals surface area (Å²) in [5, 5.41) is 10.8. The zero-order valence-corrected chi connectivity index (χ0v) is 12.3. The number of aliphatic hydroxyl groups excluding tert-OH is 1. The molecule has 1 atom stereocenters. The quantitative estimate of drug-likeness (QED) is 0.892. The first-order valence-electron chi connectivity index (χ1n) is 7.79. The van der Waals surface area contributed by atoms with Gasteiger partial charge in [0.25, 0.3) is 0 Å². The van der Waals surface area contributed by atoms with E-state index in [-0.39, 0.29) is 5.41 Å². The Labute approximate surface area is 126 Å². The summed E-state index contributed by atoms with van der Waals surface area (Å²) < 4.78 is 0. The van der Waals surface area contributed by atoms with E-state index < -0.39 is 6.10 Å². The standard InChI is InChI=1S/C19H23NO/c20-14-19(12-4-5-13-19)18(21)17-10-8-16(9-11-17)15-6-2-1-3-7-15/h1-3,6-11,18,21H,4-5,12-14,20H2. The van der Waals surface area contributed by atoms with Crippen molar-refractivity contribution in [1.29, 1.82) is 0 Å². The molecule has 1 aliphatic carbocycles. The van der Waals surface area contributed by atoms with Gasteiger partial charge in [-0.15, -0.1) is 0 Å². The summed E-state index contributed by atoms with van der Waals surface area (Å²) in [6, 6.07) is 18.6. The Kier molecular flexibility index (Phi) is 4.09. The molecule has 1 unspecified atom stereocenters. The molecule has 110 valence electrons. The zero-order valence-electron chi connectivity index (χ0n) is 12.3. The smallest absolute Gasteiger partial charge is 0.0858 e. The van der Waals surface area contributed by atoms with Crippen LogP contribution in [0.5, 0.6) is 0 Å². The molecule has 1 saturated carbocycles. The van der Waals surface area contributed by atoms with E-state index >= 15 is 0 Å². The Hall–Kier alpha value is -1.64. The van der Waals surface area contributed by atoms with Crippen molar-refractivity contribution in [2.45, 2.75) is 31.8 Å². The number of nitrogens with two attached hydrogens (primary N) is 1. The van der Waals surface area contributed by atoms with E-state index in [1.54, 1.807) is 0 Å². The van der Waals surface area contributed by atoms with E-state index in [4.69, 9.17) is 5.73 Å². The van der Waals surface area contributed by atoms with E-state index in [2.05, 4.69) is 24.3 Å². The fourth-order valence-corrected chi connectivity index (χ4v) is 3.51. The van der Waals surface area contributed by atoms with Crippen LogP contribution in [-0.4, -0.2) is 11.7 Å². The van der Waals surface area contributed by atoms with Crippen LogP contribution < -0.4 is 5.73 Å². The maximum atomic E-state index is 10.8. The van der Waals surface area contributed by atoms with Crippen LogP contribution in [0.1, 0.15) is 37.4 Å². The molecule has 0 aromatic heterocycles. The molecule has 0 saturated heterocycles. The van der Waals surface area contributed by atoms with Crippen molar-refractivity contribution in [2.75, 3.05) is 6.54 Å². The summed E-state index contributed by atoms with van der Waals surface area (Å²) in [6.45, 7) is 0.564. The molecule has 1 aliphatic rings. The third kappa shape index (κ3) is 2.74. The number of hydrogen-bond acceptors (Lipinski definition) is 2. The average Bonchev–Trinajstić information content (AvgIpc) is 3.05. The minimum Gasteiger partial charge on any atom is -0.388 e. The maximum absolute atomic E-state index is 10.8. The first-order chi connectivity index (χ1) is 10.2. The van der Waals surface area contributed by atoms with Gasteiger partial charge in [0.1, 0.15) is 0 Å². The van der Waals surface area contributed by atoms with Crippen molar-refractivity contribution in [3.8, 4) is 11.1 Å². The molecule has 0 heterocycles. The first kappa shape index (κ1) is 14.3. The van der Waals surface area contributed by atoms with Crippen LogP contribution in [-0.2, 0) is 0 Å². The second-order valence-electron chi connectivity index (χ2n) is 6.16. The summed E-state index contributed by atoms with van der Waals surface area (Å²) in [5.41, 5.74) is 9.22. The van der Waals surface area contributed by atoms with Crippen molar-refractivity contribution in [2.24, 2.45) is 11.1 Å². The van der Waals surface area contributed by atoms with Crippen molar-refractivity contribution < 1.29 is 5.11 Å². The molecular formula is C19H23NO. The van der Waals surface area contributed by atoms with Gasteiger partial charge in [-0.05, 0) is 29.5 Å². The van der Waals surface area contributed by atoms with E-state index in [1.165, 1.54) is 24.0 Å². The number of hydrogen-bond donors (Lipinski definition) is 2. The molecule has 0 radical (unpaired) electrons. The minimum atomic E-state index is -0.449. The molecule has 0 bridgehead atoms. The molecule has 0 amide bonds. The Morgan fingerprint density at radius 2 is 1.48 bits per heavy atom. The largest absolute Gasteiger partial charge is 0.388 e. The van der Waals surface area contributed by atoms with Gasteiger partial charge in [0, 0.05) is 12.0 Å². The van der Waals surface area contributed by atoms with E-state index in [0.29, 0.717) is 6.54 Å². The van der Waals surface area contributed by atoms with Gasteiger partial charge in [-0.1, -0.05) is 67.4 Å². The first-order valence-corrected chi connectivity index (χ1v) is 7.79. The predicted octanol–water partition coefficient (Wildman–Crippen LogP) is 3.91. The normalized spacial score (nSPS) is 18.6. The van der Waals surface area contributed by atoms with E-state index in [0.717, 1.165) is 18.4 Å². The molecule has 21 heavy (non-hydrogen) atoms. The van der Waals surface area contributed by atoms with Crippen LogP contribution in [0.2, 0.25) is 0 Å². The van der Waals surface area contributed by atoms with Crippen molar-refractivity contribution >= 4 is 0 Å². The van der Waals surface area contributed by atoms with Gasteiger partial charge in [0.15, 0.2) is 0 Å². The van der Waals surface area contributed by atoms with E-state index in [9.17, 15) is 5.11 Å². The Morgan fingerprint density at radius 1 is 0.905 bits per heavy atom. The second-order valence-corrected chi connectivity index (χ2v) is 6.16. The van der Waals surface area contributed by atoms with Gasteiger partial charge in [0.2, 0.25) is 0 Å². The van der Waals surface area contributed by atoms with Crippen LogP contribution in [0, 0.1) is 5.41 Å². The van der Waals surface area contributed by atoms with Gasteiger partial charge < -0.3 is 10.8 Å². The van der Waals surface area contributed by atoms with Gasteiger partial charge in [0.05, 0.1) is 6.10 Å². The minimum absolute atomic E-state index is 0.117. The van der Waals surface area contributed by atoms with Crippen LogP contribution >= 0.6 is 0 Å². The molecule has 0 spiro atoms. The van der Waals surface area contributed by atoms with Crippen LogP contribution in [0.3, 0.4) is 0 Å². The predicted molar refractivity (Wildman–Crippen MR) is 86.8 cm³/mol. The molecule has 3 rings (SSSR count). The highest BCUT2D eigenvalue weighted by Crippen LogP contribution is 2.46. The van der Waals surface area contributed by atoms with Gasteiger partial charge >= 0.3 is 0 Å². The Morgan fingerprint density at radius 3 is 2.05 bits per heavy atom. The average molecular weight is 281 g/mol. The Bertz CT molecular complexity index is 570. The SMILES string of the molecule is NCC1(C(O)c2ccc(-c3ccccc3)cc2)CCCC1. The summed E-state index contributed by atoms with van der Waals surface area (Å²) in [6.07, 6.45) is 3.97. The molecule has 3 N–H and O–H groups in total. The molecule has 2 heteroatoms. The lowest BCUT2D eigenvalue weighted by molar-refractivity contribution is 0.0333. The summed E-state index contributed by atoms with van der Waals surface area (Å²) in [7, 11) is 0. The number of rotatable bonds is 4. The molecule has 1 fully saturated rings. The summed E-state index contributed by atoms with van der Waals surface area (Å²) in [4.78, 5) is 0. The maximum Gasteiger partial charge on any atom is 0.0858 e. The van der Waals surface area contributed by atoms with Crippen LogP contribution in [0.25, 0.3) is 11.1 Å². The van der Waals surface area contributed by atoms with E-state index in [1.807, 2.05) is 30.3 Å². The molecule has 0 aliphatic heterocycles. The lowest BCUT2D eigenvalue weighted by Crippen LogP contribution is -2.34. The number of aliphatic hydroxyl groups is 1. The summed E-state index contributed by atoms with van der Waals surface area (Å²) >= 11 is 0. The fourth-order valence-electron chi connectivity index (χ4n) is 3.51. The number of benzene rings is 2. The van der Waals surface area contributed by atoms with Crippen molar-refractivity contribution in [3.63, 3.8) is 0 Å². The third-order valence-corrected chi connectivity index (χ3v) is 4.92. The molecule has 2 aromatic carbocycles. The molecule has 2 aromatic rings. The highest BCUT2D eigenvalue weighted by molar-refractivity contribution is 5.63. The molecule has 2 nitrogen and oxygen atoms in total. The molecular weight excluding hydrogens is 258 g/mol. The van der Waals surface area contributed by atoms with Crippen molar-refractivity contribution in [3.05, 3.63) is 60.2 Å². The highest BCUT2D eigenvalue weighted by atomic mass is 16.3. The van der Waals surface area contributed by atoms with Crippen molar-refractivity contribution in [1.82, 2.24) is 0 Å². The van der Waals surface area contributed by atoms with Crippen LogP contribution in [0.4, 0.5) is 0 Å². The van der Waals surface area contributed by atoms with Gasteiger partial charge in [-0.2, -0.15) is 0 Å². The Balaban J connectivity index is 1.84. The van der Waals surface area contributed by atoms with Gasteiger partial charge in [-0.3, -0.25) is 0 Å². The third-order valence-electron chi connectivity index (χ3n) is 4.92. The second kappa shape index (κ2) is 6.00. The lowest BCUT2D eigenvalue weighted by Gasteiger charge is -2.33. The lowest BCUT2D eigenvalue weighted by atomic mass is 9.77. The topological polar surface area (TPSA) is 46.2 Å². The van der Waals surface area contributed by atoms with Gasteiger partial charge in [-0.25, -0.2) is 0 Å². The highest BCUT2D eigenvalue weighted by Gasteiger charge is 2.39. The fraction of sp³-hybridized carbons (Fsp3) is 0.368. The zero-order chi connectivity index (χ0) is 14.7. The summed E-state index contributed by atoms with van der Waals surface area (Å²) in [5.74, 6) is 0. The monoisotopic (exact) mass is 281 g/mol. The van der Waals surface area contributed by atoms with Crippen LogP contribution in [0.15, 0.2) is 54.6 Å².